The van der Waals surface area contributed by atoms with Gasteiger partial charge < -0.3 is 20.3 Å². The summed E-state index contributed by atoms with van der Waals surface area (Å²) in [4.78, 5) is 14.9. The minimum absolute atomic E-state index is 0.0183. The van der Waals surface area contributed by atoms with E-state index in [4.69, 9.17) is 4.74 Å². The predicted molar refractivity (Wildman–Crippen MR) is 101 cm³/mol. The molecule has 1 heterocycles. The molecule has 2 aliphatic rings. The van der Waals surface area contributed by atoms with Crippen LogP contribution < -0.4 is 10.6 Å². The zero-order chi connectivity index (χ0) is 17.6. The number of rotatable bonds is 5. The van der Waals surface area contributed by atoms with E-state index in [2.05, 4.69) is 15.5 Å². The van der Waals surface area contributed by atoms with Crippen molar-refractivity contribution >= 4 is 11.7 Å². The van der Waals surface area contributed by atoms with Crippen molar-refractivity contribution in [2.75, 3.05) is 25.5 Å². The van der Waals surface area contributed by atoms with Crippen molar-refractivity contribution in [3.8, 4) is 0 Å². The number of urea groups is 1. The molecule has 1 aromatic rings. The van der Waals surface area contributed by atoms with Crippen molar-refractivity contribution in [1.29, 1.82) is 0 Å². The third-order valence-electron chi connectivity index (χ3n) is 5.67. The van der Waals surface area contributed by atoms with Crippen molar-refractivity contribution < 1.29 is 9.53 Å². The minimum Gasteiger partial charge on any atom is -0.377 e. The molecule has 1 aliphatic heterocycles. The number of hydrogen-bond acceptors (Lipinski definition) is 3. The highest BCUT2D eigenvalue weighted by Crippen LogP contribution is 2.26. The summed E-state index contributed by atoms with van der Waals surface area (Å²) in [5, 5.41) is 6.09. The van der Waals surface area contributed by atoms with Gasteiger partial charge in [-0.25, -0.2) is 4.79 Å². The Kier molecular flexibility index (Phi) is 6.32. The third-order valence-corrected chi connectivity index (χ3v) is 5.67. The maximum atomic E-state index is 12.3. The highest BCUT2D eigenvalue weighted by atomic mass is 16.5. The average molecular weight is 345 g/mol. The first-order chi connectivity index (χ1) is 12.2. The first-order valence-corrected chi connectivity index (χ1v) is 9.60. The fourth-order valence-corrected chi connectivity index (χ4v) is 4.04. The number of ether oxygens (including phenoxy) is 1. The SMILES string of the molecule is COC(C)c1cccc(NC(=O)NC2CCN(C3CCCC3)CC2)c1. The molecule has 1 saturated heterocycles. The Balaban J connectivity index is 1.45. The van der Waals surface area contributed by atoms with Gasteiger partial charge in [-0.05, 0) is 50.3 Å². The number of nitrogens with zero attached hydrogens (tertiary/aromatic N) is 1. The van der Waals surface area contributed by atoms with Gasteiger partial charge in [-0.3, -0.25) is 0 Å². The van der Waals surface area contributed by atoms with E-state index in [1.807, 2.05) is 31.2 Å². The van der Waals surface area contributed by atoms with Crippen molar-refractivity contribution in [2.45, 2.75) is 63.6 Å². The van der Waals surface area contributed by atoms with Crippen molar-refractivity contribution in [3.05, 3.63) is 29.8 Å². The van der Waals surface area contributed by atoms with Crippen LogP contribution in [0, 0.1) is 0 Å². The summed E-state index contributed by atoms with van der Waals surface area (Å²) in [6, 6.07) is 8.79. The molecular formula is C20H31N3O2. The zero-order valence-corrected chi connectivity index (χ0v) is 15.5. The monoisotopic (exact) mass is 345 g/mol. The molecule has 1 aliphatic carbocycles. The topological polar surface area (TPSA) is 53.6 Å². The molecule has 0 radical (unpaired) electrons. The summed E-state index contributed by atoms with van der Waals surface area (Å²) in [5.74, 6) is 0. The normalized spacial score (nSPS) is 21.2. The van der Waals surface area contributed by atoms with Gasteiger partial charge in [0.1, 0.15) is 0 Å². The first kappa shape index (κ1) is 18.2. The lowest BCUT2D eigenvalue weighted by atomic mass is 10.0. The maximum absolute atomic E-state index is 12.3. The number of likely N-dealkylation sites (tertiary alicyclic amines) is 1. The van der Waals surface area contributed by atoms with Gasteiger partial charge in [-0.2, -0.15) is 0 Å². The number of anilines is 1. The second-order valence-electron chi connectivity index (χ2n) is 7.35. The van der Waals surface area contributed by atoms with Gasteiger partial charge in [-0.15, -0.1) is 0 Å². The van der Waals surface area contributed by atoms with E-state index in [9.17, 15) is 4.79 Å². The quantitative estimate of drug-likeness (QED) is 0.850. The molecule has 5 nitrogen and oxygen atoms in total. The molecule has 2 N–H and O–H groups in total. The van der Waals surface area contributed by atoms with Crippen molar-refractivity contribution in [2.24, 2.45) is 0 Å². The van der Waals surface area contributed by atoms with E-state index in [-0.39, 0.29) is 18.2 Å². The smallest absolute Gasteiger partial charge is 0.319 e. The molecule has 138 valence electrons. The number of nitrogens with one attached hydrogen (secondary N) is 2. The Labute approximate surface area is 151 Å². The van der Waals surface area contributed by atoms with E-state index in [1.54, 1.807) is 7.11 Å². The molecule has 1 atom stereocenters. The average Bonchev–Trinajstić information content (AvgIpc) is 3.16. The van der Waals surface area contributed by atoms with Crippen LogP contribution in [-0.4, -0.2) is 43.2 Å². The molecule has 1 saturated carbocycles. The second kappa shape index (κ2) is 8.68. The van der Waals surface area contributed by atoms with Crippen LogP contribution >= 0.6 is 0 Å². The fraction of sp³-hybridized carbons (Fsp3) is 0.650. The number of methoxy groups -OCH3 is 1. The zero-order valence-electron chi connectivity index (χ0n) is 15.5. The van der Waals surface area contributed by atoms with Crippen LogP contribution in [0.2, 0.25) is 0 Å². The standard InChI is InChI=1S/C20H31N3O2/c1-15(25-2)16-6-5-7-18(14-16)22-20(24)21-17-10-12-23(13-11-17)19-8-3-4-9-19/h5-7,14-15,17,19H,3-4,8-13H2,1-2H3,(H2,21,22,24). The van der Waals surface area contributed by atoms with Crippen LogP contribution in [0.1, 0.15) is 57.1 Å². The van der Waals surface area contributed by atoms with Crippen LogP contribution in [0.5, 0.6) is 0 Å². The summed E-state index contributed by atoms with van der Waals surface area (Å²) in [7, 11) is 1.69. The fourth-order valence-electron chi connectivity index (χ4n) is 4.04. The van der Waals surface area contributed by atoms with E-state index >= 15 is 0 Å². The molecular weight excluding hydrogens is 314 g/mol. The summed E-state index contributed by atoms with van der Waals surface area (Å²) < 4.78 is 5.34. The number of amides is 2. The van der Waals surface area contributed by atoms with Crippen LogP contribution in [-0.2, 0) is 4.74 Å². The Morgan fingerprint density at radius 3 is 2.60 bits per heavy atom. The van der Waals surface area contributed by atoms with Crippen LogP contribution in [0.15, 0.2) is 24.3 Å². The second-order valence-corrected chi connectivity index (χ2v) is 7.35. The molecule has 0 spiro atoms. The summed E-state index contributed by atoms with van der Waals surface area (Å²) in [5.41, 5.74) is 1.87. The van der Waals surface area contributed by atoms with E-state index < -0.39 is 0 Å². The van der Waals surface area contributed by atoms with Gasteiger partial charge >= 0.3 is 6.03 Å². The van der Waals surface area contributed by atoms with Gasteiger partial charge in [-0.1, -0.05) is 25.0 Å². The highest BCUT2D eigenvalue weighted by molar-refractivity contribution is 5.89. The molecule has 5 heteroatoms. The van der Waals surface area contributed by atoms with Gasteiger partial charge in [0.05, 0.1) is 6.10 Å². The van der Waals surface area contributed by atoms with Crippen LogP contribution in [0.25, 0.3) is 0 Å². The molecule has 0 aromatic heterocycles. The van der Waals surface area contributed by atoms with Gasteiger partial charge in [0.25, 0.3) is 0 Å². The number of piperidine rings is 1. The minimum atomic E-state index is -0.110. The number of carbonyl (C=O) groups is 1. The van der Waals surface area contributed by atoms with Crippen LogP contribution in [0.3, 0.4) is 0 Å². The van der Waals surface area contributed by atoms with E-state index in [1.165, 1.54) is 25.7 Å². The molecule has 3 rings (SSSR count). The Morgan fingerprint density at radius 1 is 1.20 bits per heavy atom. The number of carbonyl (C=O) groups excluding carboxylic acids is 1. The number of benzene rings is 1. The lowest BCUT2D eigenvalue weighted by Crippen LogP contribution is -2.48. The van der Waals surface area contributed by atoms with Gasteiger partial charge in [0.15, 0.2) is 0 Å². The van der Waals surface area contributed by atoms with Crippen LogP contribution in [0.4, 0.5) is 10.5 Å². The maximum Gasteiger partial charge on any atom is 0.319 e. The lowest BCUT2D eigenvalue weighted by molar-refractivity contribution is 0.119. The first-order valence-electron chi connectivity index (χ1n) is 9.60. The van der Waals surface area contributed by atoms with Crippen molar-refractivity contribution in [3.63, 3.8) is 0 Å². The lowest BCUT2D eigenvalue weighted by Gasteiger charge is -2.36. The third kappa shape index (κ3) is 4.95. The molecule has 1 aromatic carbocycles. The predicted octanol–water partition coefficient (Wildman–Crippen LogP) is 3.92. The number of hydrogen-bond donors (Lipinski definition) is 2. The summed E-state index contributed by atoms with van der Waals surface area (Å²) >= 11 is 0. The Hall–Kier alpha value is -1.59. The summed E-state index contributed by atoms with van der Waals surface area (Å²) in [6.07, 6.45) is 7.58. The summed E-state index contributed by atoms with van der Waals surface area (Å²) in [6.45, 7) is 4.21. The van der Waals surface area contributed by atoms with E-state index in [0.29, 0.717) is 0 Å². The van der Waals surface area contributed by atoms with Gasteiger partial charge in [0.2, 0.25) is 0 Å². The molecule has 0 bridgehead atoms. The molecule has 2 fully saturated rings. The molecule has 25 heavy (non-hydrogen) atoms. The molecule has 2 amide bonds. The highest BCUT2D eigenvalue weighted by Gasteiger charge is 2.27. The Bertz CT molecular complexity index is 564. The van der Waals surface area contributed by atoms with E-state index in [0.717, 1.165) is 43.2 Å². The largest absolute Gasteiger partial charge is 0.377 e. The van der Waals surface area contributed by atoms with Gasteiger partial charge in [0, 0.05) is 38.0 Å². The van der Waals surface area contributed by atoms with Crippen molar-refractivity contribution in [1.82, 2.24) is 10.2 Å². The molecule has 1 unspecified atom stereocenters. The Morgan fingerprint density at radius 2 is 1.92 bits per heavy atom.